The Kier molecular flexibility index (Phi) is 8.64. The van der Waals surface area contributed by atoms with Crippen molar-refractivity contribution in [3.63, 3.8) is 0 Å². The molecule has 0 atom stereocenters. The maximum Gasteiger partial charge on any atom is 0.434 e. The Labute approximate surface area is 233 Å². The van der Waals surface area contributed by atoms with E-state index in [1.54, 1.807) is 37.3 Å². The molecule has 0 aliphatic carbocycles. The zero-order valence-electron chi connectivity index (χ0n) is 21.9. The van der Waals surface area contributed by atoms with Crippen molar-refractivity contribution in [2.45, 2.75) is 19.0 Å². The third-order valence-corrected chi connectivity index (χ3v) is 6.29. The number of amides is 1. The third kappa shape index (κ3) is 6.37. The number of nitrogens with zero attached hydrogens (tertiary/aromatic N) is 4. The van der Waals surface area contributed by atoms with Crippen LogP contribution in [0, 0.1) is 0 Å². The Hall–Kier alpha value is -4.10. The summed E-state index contributed by atoms with van der Waals surface area (Å²) in [5, 5.41) is 7.72. The van der Waals surface area contributed by atoms with Crippen LogP contribution in [-0.4, -0.2) is 66.4 Å². The third-order valence-electron chi connectivity index (χ3n) is 5.99. The standard InChI is InChI=1S/C26H27ClF3N7O3/c1-36(2)35-24-16(14-38)19(31-18-8-6-7-17(27)22(18)40-3)13-21(34-24)32-20-10-9-15(23(33-20)26(28,29)30)25(39)37-11-4-5-12-37/h6-10,13-14H,4-5,11-12H2,1-3H3,(H3,31,32,33,34,35). The SMILES string of the molecule is COc1c(Cl)cccc1Nc1cc(Nc2ccc(C(=O)N3CCCC3)c(C(F)(F)F)n2)nc(NN(C)C)c1C=O. The highest BCUT2D eigenvalue weighted by atomic mass is 35.5. The number of alkyl halides is 3. The molecule has 0 radical (unpaired) electrons. The predicted molar refractivity (Wildman–Crippen MR) is 146 cm³/mol. The van der Waals surface area contributed by atoms with Gasteiger partial charge >= 0.3 is 6.18 Å². The minimum atomic E-state index is -4.87. The molecule has 0 unspecified atom stereocenters. The van der Waals surface area contributed by atoms with Crippen LogP contribution in [0.3, 0.4) is 0 Å². The van der Waals surface area contributed by atoms with E-state index < -0.39 is 23.3 Å². The molecule has 3 heterocycles. The first kappa shape index (κ1) is 28.9. The van der Waals surface area contributed by atoms with Crippen LogP contribution in [0.1, 0.15) is 39.3 Å². The molecular weight excluding hydrogens is 551 g/mol. The Balaban J connectivity index is 1.75. The molecule has 4 rings (SSSR count). The lowest BCUT2D eigenvalue weighted by atomic mass is 10.1. The number of halogens is 4. The van der Waals surface area contributed by atoms with E-state index in [0.717, 1.165) is 18.9 Å². The lowest BCUT2D eigenvalue weighted by Crippen LogP contribution is -2.30. The molecule has 1 aromatic carbocycles. The molecule has 0 bridgehead atoms. The lowest BCUT2D eigenvalue weighted by molar-refractivity contribution is -0.141. The van der Waals surface area contributed by atoms with E-state index in [-0.39, 0.29) is 28.7 Å². The quantitative estimate of drug-likeness (QED) is 0.222. The van der Waals surface area contributed by atoms with Gasteiger partial charge in [-0.15, -0.1) is 0 Å². The van der Waals surface area contributed by atoms with Gasteiger partial charge in [-0.1, -0.05) is 17.7 Å². The average molecular weight is 578 g/mol. The van der Waals surface area contributed by atoms with Gasteiger partial charge in [0.25, 0.3) is 5.91 Å². The van der Waals surface area contributed by atoms with Crippen molar-refractivity contribution >= 4 is 52.6 Å². The van der Waals surface area contributed by atoms with Crippen molar-refractivity contribution in [2.24, 2.45) is 0 Å². The minimum Gasteiger partial charge on any atom is -0.493 e. The highest BCUT2D eigenvalue weighted by molar-refractivity contribution is 6.32. The Morgan fingerprint density at radius 2 is 1.80 bits per heavy atom. The highest BCUT2D eigenvalue weighted by Gasteiger charge is 2.39. The summed E-state index contributed by atoms with van der Waals surface area (Å²) in [6.45, 7) is 0.802. The van der Waals surface area contributed by atoms with Gasteiger partial charge in [-0.05, 0) is 37.1 Å². The topological polar surface area (TPSA) is 112 Å². The van der Waals surface area contributed by atoms with E-state index in [9.17, 15) is 22.8 Å². The molecule has 40 heavy (non-hydrogen) atoms. The number of anilines is 5. The van der Waals surface area contributed by atoms with Crippen molar-refractivity contribution in [3.05, 3.63) is 58.2 Å². The number of hydrogen-bond acceptors (Lipinski definition) is 9. The van der Waals surface area contributed by atoms with Gasteiger partial charge in [0.2, 0.25) is 0 Å². The molecule has 10 nitrogen and oxygen atoms in total. The van der Waals surface area contributed by atoms with E-state index in [1.165, 1.54) is 24.1 Å². The Morgan fingerprint density at radius 1 is 1.07 bits per heavy atom. The van der Waals surface area contributed by atoms with Crippen LogP contribution in [-0.2, 0) is 6.18 Å². The fraction of sp³-hybridized carbons (Fsp3) is 0.308. The Bertz CT molecular complexity index is 1410. The maximum atomic E-state index is 14.0. The molecule has 3 aromatic rings. The molecule has 0 spiro atoms. The first-order valence-corrected chi connectivity index (χ1v) is 12.6. The van der Waals surface area contributed by atoms with Gasteiger partial charge in [0.1, 0.15) is 11.6 Å². The summed E-state index contributed by atoms with van der Waals surface area (Å²) in [4.78, 5) is 34.4. The predicted octanol–water partition coefficient (Wildman–Crippen LogP) is 5.58. The molecule has 1 saturated heterocycles. The second-order valence-electron chi connectivity index (χ2n) is 9.10. The number of para-hydroxylation sites is 1. The van der Waals surface area contributed by atoms with Gasteiger partial charge in [0.15, 0.2) is 23.5 Å². The molecule has 14 heteroatoms. The zero-order valence-corrected chi connectivity index (χ0v) is 22.7. The highest BCUT2D eigenvalue weighted by Crippen LogP contribution is 2.37. The second-order valence-corrected chi connectivity index (χ2v) is 9.51. The summed E-state index contributed by atoms with van der Waals surface area (Å²) in [6, 6.07) is 8.81. The number of carbonyl (C=O) groups excluding carboxylic acids is 2. The summed E-state index contributed by atoms with van der Waals surface area (Å²) >= 11 is 6.23. The van der Waals surface area contributed by atoms with Gasteiger partial charge in [0, 0.05) is 33.3 Å². The molecule has 3 N–H and O–H groups in total. The van der Waals surface area contributed by atoms with Crippen LogP contribution in [0.2, 0.25) is 5.02 Å². The van der Waals surface area contributed by atoms with Crippen molar-refractivity contribution < 1.29 is 27.5 Å². The monoisotopic (exact) mass is 577 g/mol. The van der Waals surface area contributed by atoms with E-state index in [0.29, 0.717) is 35.8 Å². The number of pyridine rings is 2. The lowest BCUT2D eigenvalue weighted by Gasteiger charge is -2.21. The molecule has 0 saturated carbocycles. The molecule has 2 aromatic heterocycles. The van der Waals surface area contributed by atoms with Crippen molar-refractivity contribution in [3.8, 4) is 5.75 Å². The minimum absolute atomic E-state index is 0.0673. The fourth-order valence-corrected chi connectivity index (χ4v) is 4.49. The fourth-order valence-electron chi connectivity index (χ4n) is 4.24. The summed E-state index contributed by atoms with van der Waals surface area (Å²) < 4.78 is 47.3. The average Bonchev–Trinajstić information content (AvgIpc) is 3.43. The number of methoxy groups -OCH3 is 1. The van der Waals surface area contributed by atoms with Gasteiger partial charge in [-0.25, -0.2) is 15.0 Å². The van der Waals surface area contributed by atoms with Crippen LogP contribution in [0.15, 0.2) is 36.4 Å². The molecule has 1 fully saturated rings. The van der Waals surface area contributed by atoms with Gasteiger partial charge in [0.05, 0.1) is 34.6 Å². The Morgan fingerprint density at radius 3 is 2.42 bits per heavy atom. The normalized spacial score (nSPS) is 13.3. The zero-order chi connectivity index (χ0) is 29.0. The number of ether oxygens (including phenoxy) is 1. The van der Waals surface area contributed by atoms with E-state index >= 15 is 0 Å². The molecule has 212 valence electrons. The summed E-state index contributed by atoms with van der Waals surface area (Å²) in [5.74, 6) is -0.400. The number of hydrogen-bond donors (Lipinski definition) is 3. The number of aldehydes is 1. The van der Waals surface area contributed by atoms with Crippen LogP contribution in [0.25, 0.3) is 0 Å². The smallest absolute Gasteiger partial charge is 0.434 e. The van der Waals surface area contributed by atoms with Gasteiger partial charge < -0.3 is 25.7 Å². The number of hydrazine groups is 1. The number of likely N-dealkylation sites (tertiary alicyclic amines) is 1. The van der Waals surface area contributed by atoms with E-state index in [1.807, 2.05) is 0 Å². The number of benzene rings is 1. The van der Waals surface area contributed by atoms with Crippen molar-refractivity contribution in [1.82, 2.24) is 19.9 Å². The molecule has 1 aliphatic heterocycles. The van der Waals surface area contributed by atoms with Gasteiger partial charge in [-0.3, -0.25) is 9.59 Å². The number of carbonyl (C=O) groups is 2. The molecule has 1 amide bonds. The molecular formula is C26H27ClF3N7O3. The summed E-state index contributed by atoms with van der Waals surface area (Å²) in [7, 11) is 4.79. The van der Waals surface area contributed by atoms with Crippen LogP contribution in [0.4, 0.5) is 42.0 Å². The number of aromatic nitrogens is 2. The van der Waals surface area contributed by atoms with Gasteiger partial charge in [-0.2, -0.15) is 13.2 Å². The first-order chi connectivity index (χ1) is 19.0. The van der Waals surface area contributed by atoms with Crippen LogP contribution in [0.5, 0.6) is 5.75 Å². The second kappa shape index (κ2) is 12.0. The van der Waals surface area contributed by atoms with Crippen molar-refractivity contribution in [2.75, 3.05) is 50.4 Å². The first-order valence-electron chi connectivity index (χ1n) is 12.2. The van der Waals surface area contributed by atoms with Crippen LogP contribution < -0.4 is 20.8 Å². The van der Waals surface area contributed by atoms with Crippen molar-refractivity contribution in [1.29, 1.82) is 0 Å². The summed E-state index contributed by atoms with van der Waals surface area (Å²) in [6.07, 6.45) is -2.81. The van der Waals surface area contributed by atoms with Crippen LogP contribution >= 0.6 is 11.6 Å². The number of nitrogens with one attached hydrogen (secondary N) is 3. The largest absolute Gasteiger partial charge is 0.493 e. The van der Waals surface area contributed by atoms with E-state index in [2.05, 4.69) is 26.0 Å². The molecule has 1 aliphatic rings. The maximum absolute atomic E-state index is 14.0. The number of rotatable bonds is 9. The summed E-state index contributed by atoms with van der Waals surface area (Å²) in [5.41, 5.74) is 1.93. The van der Waals surface area contributed by atoms with E-state index in [4.69, 9.17) is 16.3 Å².